The summed E-state index contributed by atoms with van der Waals surface area (Å²) in [5, 5.41) is 15.2. The predicted octanol–water partition coefficient (Wildman–Crippen LogP) is 0.311. The van der Waals surface area contributed by atoms with E-state index in [1.165, 1.54) is 0 Å². The molecule has 0 atom stereocenters. The molecule has 0 aromatic rings. The van der Waals surface area contributed by atoms with Crippen molar-refractivity contribution >= 4 is 36.2 Å². The summed E-state index contributed by atoms with van der Waals surface area (Å²) in [5.41, 5.74) is 0. The molecule has 2 N–H and O–H groups in total. The Kier molecular flexibility index (Phi) is 10.5. The van der Waals surface area contributed by atoms with E-state index in [-0.39, 0.29) is 11.6 Å². The number of carbonyl (C=O) groups is 2. The molecule has 10 heavy (non-hydrogen) atoms. The minimum absolute atomic E-state index is 0.0833. The highest BCUT2D eigenvalue weighted by molar-refractivity contribution is 7.81. The van der Waals surface area contributed by atoms with Gasteiger partial charge in [0.25, 0.3) is 0 Å². The molecule has 0 aliphatic carbocycles. The van der Waals surface area contributed by atoms with Crippen molar-refractivity contribution in [3.63, 3.8) is 0 Å². The molecule has 0 spiro atoms. The monoisotopic (exact) mass is 186 g/mol. The van der Waals surface area contributed by atoms with Crippen molar-refractivity contribution in [2.75, 3.05) is 11.6 Å². The number of hydrogen-bond acceptors (Lipinski definition) is 3. The Morgan fingerprint density at radius 1 is 1.30 bits per heavy atom. The Morgan fingerprint density at radius 2 is 1.50 bits per heavy atom. The standard InChI is InChI=1S/C2H3ClO2.C2H4O2S/c3-1-2(4)5;3-2(4)1-5/h1H2,(H,4,5);5H,1H2,(H,3,4). The fraction of sp³-hybridized carbons (Fsp3) is 0.500. The highest BCUT2D eigenvalue weighted by Gasteiger charge is 1.83. The minimum atomic E-state index is -0.980. The lowest BCUT2D eigenvalue weighted by Crippen LogP contribution is -1.92. The molecule has 4 nitrogen and oxygen atoms in total. The van der Waals surface area contributed by atoms with Gasteiger partial charge in [-0.2, -0.15) is 12.6 Å². The number of carboxylic acids is 2. The third kappa shape index (κ3) is 25.6. The molecular formula is C4H7ClO4S. The van der Waals surface area contributed by atoms with E-state index >= 15 is 0 Å². The van der Waals surface area contributed by atoms with Crippen LogP contribution in [-0.4, -0.2) is 33.8 Å². The summed E-state index contributed by atoms with van der Waals surface area (Å²) in [6.07, 6.45) is 0. The van der Waals surface area contributed by atoms with Crippen molar-refractivity contribution in [3.05, 3.63) is 0 Å². The van der Waals surface area contributed by atoms with Crippen molar-refractivity contribution in [3.8, 4) is 0 Å². The Hall–Kier alpha value is -0.420. The summed E-state index contributed by atoms with van der Waals surface area (Å²) in [6.45, 7) is 0. The predicted molar refractivity (Wildman–Crippen MR) is 39.8 cm³/mol. The van der Waals surface area contributed by atoms with Crippen LogP contribution < -0.4 is 0 Å². The Balaban J connectivity index is 0. The molecule has 0 amide bonds. The summed E-state index contributed by atoms with van der Waals surface area (Å²) >= 11 is 8.15. The quantitative estimate of drug-likeness (QED) is 0.429. The molecular weight excluding hydrogens is 180 g/mol. The van der Waals surface area contributed by atoms with Crippen LogP contribution in [0.3, 0.4) is 0 Å². The van der Waals surface area contributed by atoms with Gasteiger partial charge in [-0.15, -0.1) is 11.6 Å². The normalized spacial score (nSPS) is 7.40. The number of halogens is 1. The number of hydrogen-bond donors (Lipinski definition) is 3. The van der Waals surface area contributed by atoms with Crippen molar-refractivity contribution in [2.45, 2.75) is 0 Å². The second-order valence-corrected chi connectivity index (χ2v) is 1.66. The van der Waals surface area contributed by atoms with E-state index < -0.39 is 11.9 Å². The summed E-state index contributed by atoms with van der Waals surface area (Å²) in [6, 6.07) is 0. The first-order valence-corrected chi connectivity index (χ1v) is 3.31. The van der Waals surface area contributed by atoms with Gasteiger partial charge in [0.05, 0.1) is 5.75 Å². The molecule has 0 radical (unpaired) electrons. The summed E-state index contributed by atoms with van der Waals surface area (Å²) in [5.74, 6) is -2.25. The molecule has 0 aromatic carbocycles. The molecule has 60 valence electrons. The van der Waals surface area contributed by atoms with Crippen molar-refractivity contribution in [2.24, 2.45) is 0 Å². The van der Waals surface area contributed by atoms with Gasteiger partial charge in [0, 0.05) is 0 Å². The molecule has 0 rings (SSSR count). The van der Waals surface area contributed by atoms with Gasteiger partial charge < -0.3 is 10.2 Å². The average Bonchev–Trinajstić information content (AvgIpc) is 1.89. The van der Waals surface area contributed by atoms with Crippen LogP contribution in [0.25, 0.3) is 0 Å². The van der Waals surface area contributed by atoms with E-state index in [1.54, 1.807) is 0 Å². The van der Waals surface area contributed by atoms with Gasteiger partial charge in [-0.3, -0.25) is 9.59 Å². The summed E-state index contributed by atoms with van der Waals surface area (Å²) in [7, 11) is 0. The number of alkyl halides is 1. The van der Waals surface area contributed by atoms with Crippen LogP contribution in [0.5, 0.6) is 0 Å². The highest BCUT2D eigenvalue weighted by Crippen LogP contribution is 1.67. The molecule has 0 bridgehead atoms. The molecule has 0 aliphatic heterocycles. The lowest BCUT2D eigenvalue weighted by atomic mass is 10.8. The molecule has 0 aromatic heterocycles. The molecule has 0 saturated heterocycles. The van der Waals surface area contributed by atoms with Gasteiger partial charge in [0.1, 0.15) is 5.88 Å². The maximum absolute atomic E-state index is 9.29. The number of carboxylic acid groups (broad SMARTS) is 2. The SMILES string of the molecule is O=C(O)CCl.O=C(O)CS. The molecule has 6 heteroatoms. The van der Waals surface area contributed by atoms with E-state index in [1.807, 2.05) is 0 Å². The topological polar surface area (TPSA) is 74.6 Å². The fourth-order valence-corrected chi connectivity index (χ4v) is 0. The van der Waals surface area contributed by atoms with Gasteiger partial charge in [-0.1, -0.05) is 0 Å². The van der Waals surface area contributed by atoms with Crippen LogP contribution >= 0.6 is 24.2 Å². The second kappa shape index (κ2) is 8.58. The van der Waals surface area contributed by atoms with Gasteiger partial charge >= 0.3 is 11.9 Å². The van der Waals surface area contributed by atoms with Crippen LogP contribution in [0.1, 0.15) is 0 Å². The maximum Gasteiger partial charge on any atom is 0.318 e. The fourth-order valence-electron chi connectivity index (χ4n) is 0. The van der Waals surface area contributed by atoms with E-state index in [9.17, 15) is 9.59 Å². The molecule has 0 heterocycles. The van der Waals surface area contributed by atoms with Gasteiger partial charge in [-0.05, 0) is 0 Å². The lowest BCUT2D eigenvalue weighted by molar-refractivity contribution is -0.135. The largest absolute Gasteiger partial charge is 0.481 e. The second-order valence-electron chi connectivity index (χ2n) is 1.08. The molecule has 0 unspecified atom stereocenters. The molecule has 0 fully saturated rings. The van der Waals surface area contributed by atoms with Gasteiger partial charge in [0.15, 0.2) is 0 Å². The molecule has 0 saturated carbocycles. The van der Waals surface area contributed by atoms with Crippen LogP contribution in [0.4, 0.5) is 0 Å². The van der Waals surface area contributed by atoms with Crippen molar-refractivity contribution in [1.82, 2.24) is 0 Å². The first-order valence-electron chi connectivity index (χ1n) is 2.15. The van der Waals surface area contributed by atoms with Crippen molar-refractivity contribution in [1.29, 1.82) is 0 Å². The molecule has 0 aliphatic rings. The minimum Gasteiger partial charge on any atom is -0.481 e. The number of rotatable bonds is 2. The first kappa shape index (κ1) is 12.3. The van der Waals surface area contributed by atoms with Gasteiger partial charge in [-0.25, -0.2) is 0 Å². The zero-order chi connectivity index (χ0) is 8.57. The van der Waals surface area contributed by atoms with E-state index in [0.717, 1.165) is 0 Å². The smallest absolute Gasteiger partial charge is 0.318 e. The third-order valence-electron chi connectivity index (χ3n) is 0.250. The Labute approximate surface area is 68.2 Å². The van der Waals surface area contributed by atoms with E-state index in [0.29, 0.717) is 0 Å². The highest BCUT2D eigenvalue weighted by atomic mass is 35.5. The Bertz CT molecular complexity index is 102. The van der Waals surface area contributed by atoms with Crippen LogP contribution in [-0.2, 0) is 9.59 Å². The van der Waals surface area contributed by atoms with Crippen LogP contribution in [0.15, 0.2) is 0 Å². The Morgan fingerprint density at radius 3 is 1.50 bits per heavy atom. The zero-order valence-electron chi connectivity index (χ0n) is 4.95. The van der Waals surface area contributed by atoms with E-state index in [2.05, 4.69) is 12.6 Å². The number of aliphatic carboxylic acids is 2. The van der Waals surface area contributed by atoms with Crippen LogP contribution in [0.2, 0.25) is 0 Å². The first-order chi connectivity index (χ1) is 4.54. The maximum atomic E-state index is 9.29. The van der Waals surface area contributed by atoms with E-state index in [4.69, 9.17) is 21.8 Å². The number of thiol groups is 1. The summed E-state index contributed by atoms with van der Waals surface area (Å²) in [4.78, 5) is 18.5. The van der Waals surface area contributed by atoms with Crippen LogP contribution in [0, 0.1) is 0 Å². The van der Waals surface area contributed by atoms with Gasteiger partial charge in [0.2, 0.25) is 0 Å². The third-order valence-corrected chi connectivity index (χ3v) is 0.749. The van der Waals surface area contributed by atoms with Crippen molar-refractivity contribution < 1.29 is 19.8 Å². The average molecular weight is 187 g/mol. The summed E-state index contributed by atoms with van der Waals surface area (Å²) < 4.78 is 0. The zero-order valence-corrected chi connectivity index (χ0v) is 6.60. The lowest BCUT2D eigenvalue weighted by Gasteiger charge is -1.71.